The van der Waals surface area contributed by atoms with Gasteiger partial charge in [-0.3, -0.25) is 4.79 Å². The van der Waals surface area contributed by atoms with Gasteiger partial charge in [-0.15, -0.1) is 0 Å². The molecule has 0 bridgehead atoms. The molecule has 0 spiro atoms. The first kappa shape index (κ1) is 23.1. The molecule has 1 aliphatic heterocycles. The van der Waals surface area contributed by atoms with Crippen molar-refractivity contribution in [2.24, 2.45) is 0 Å². The minimum absolute atomic E-state index is 0.123. The molecule has 174 valence electrons. The number of hydrogen-bond donors (Lipinski definition) is 1. The summed E-state index contributed by atoms with van der Waals surface area (Å²) in [7, 11) is -3.84. The van der Waals surface area contributed by atoms with E-state index >= 15 is 0 Å². The molecule has 2 aliphatic rings. The van der Waals surface area contributed by atoms with E-state index in [0.29, 0.717) is 47.9 Å². The number of nitrogens with one attached hydrogen (secondary N) is 1. The lowest BCUT2D eigenvalue weighted by molar-refractivity contribution is -0.117. The summed E-state index contributed by atoms with van der Waals surface area (Å²) in [6, 6.07) is 11.8. The van der Waals surface area contributed by atoms with Crippen LogP contribution in [0, 0.1) is 11.3 Å². The molecule has 1 N–H and O–H groups in total. The lowest BCUT2D eigenvalue weighted by Crippen LogP contribution is -2.29. The van der Waals surface area contributed by atoms with E-state index in [1.807, 2.05) is 29.0 Å². The number of pyridine rings is 1. The first-order chi connectivity index (χ1) is 16.3. The fourth-order valence-corrected chi connectivity index (χ4v) is 4.64. The summed E-state index contributed by atoms with van der Waals surface area (Å²) in [6.45, 7) is 3.89. The van der Waals surface area contributed by atoms with E-state index in [9.17, 15) is 13.2 Å². The average molecular weight is 479 g/mol. The SMILES string of the molecule is C=C1CC[C@@H](Oc2ccc(N3CC(=O)NS3(=O)=O)cc2)C/C=C\C=C/1Oc1ccc(C#N)nc1. The zero-order chi connectivity index (χ0) is 24.1. The molecule has 1 fully saturated rings. The van der Waals surface area contributed by atoms with Gasteiger partial charge in [0.1, 0.15) is 41.7 Å². The van der Waals surface area contributed by atoms with Crippen molar-refractivity contribution < 1.29 is 22.7 Å². The molecule has 0 unspecified atom stereocenters. The highest BCUT2D eigenvalue weighted by Crippen LogP contribution is 2.27. The number of ether oxygens (including phenoxy) is 2. The monoisotopic (exact) mass is 478 g/mol. The van der Waals surface area contributed by atoms with Gasteiger partial charge in [0.15, 0.2) is 0 Å². The molecule has 0 radical (unpaired) electrons. The third kappa shape index (κ3) is 5.44. The fourth-order valence-electron chi connectivity index (χ4n) is 3.49. The van der Waals surface area contributed by atoms with Crippen LogP contribution in [0.1, 0.15) is 25.0 Å². The Bertz CT molecular complexity index is 1290. The average Bonchev–Trinajstić information content (AvgIpc) is 3.14. The first-order valence-electron chi connectivity index (χ1n) is 10.5. The maximum Gasteiger partial charge on any atom is 0.326 e. The Balaban J connectivity index is 1.37. The van der Waals surface area contributed by atoms with Gasteiger partial charge in [-0.25, -0.2) is 14.0 Å². The number of nitriles is 1. The van der Waals surface area contributed by atoms with Crippen LogP contribution in [0.3, 0.4) is 0 Å². The van der Waals surface area contributed by atoms with E-state index < -0.39 is 16.1 Å². The number of benzene rings is 1. The molecule has 1 atom stereocenters. The van der Waals surface area contributed by atoms with Crippen LogP contribution >= 0.6 is 0 Å². The van der Waals surface area contributed by atoms with Crippen LogP contribution in [-0.2, 0) is 15.0 Å². The van der Waals surface area contributed by atoms with Gasteiger partial charge >= 0.3 is 10.2 Å². The van der Waals surface area contributed by atoms with Crippen molar-refractivity contribution in [3.63, 3.8) is 0 Å². The van der Waals surface area contributed by atoms with Gasteiger partial charge in [-0.2, -0.15) is 13.7 Å². The number of carbonyl (C=O) groups excluding carboxylic acids is 1. The topological polar surface area (TPSA) is 122 Å². The summed E-state index contributed by atoms with van der Waals surface area (Å²) in [4.78, 5) is 15.5. The van der Waals surface area contributed by atoms with Gasteiger partial charge < -0.3 is 9.47 Å². The normalized spacial score (nSPS) is 22.3. The molecule has 1 aromatic carbocycles. The Hall–Kier alpha value is -4.10. The summed E-state index contributed by atoms with van der Waals surface area (Å²) in [5, 5.41) is 8.87. The zero-order valence-electron chi connectivity index (χ0n) is 18.2. The standard InChI is InChI=1S/C24H22N4O5S/c1-17-6-10-20(4-2-3-5-23(17)33-22-11-7-18(14-25)26-15-22)32-21-12-8-19(9-13-21)28-16-24(29)27-34(28,30)31/h2-3,5,7-9,11-13,15,20H,1,4,6,10,16H2,(H,27,29)/b3-2-,23-5+/t20-/m0/s1. The predicted molar refractivity (Wildman–Crippen MR) is 125 cm³/mol. The highest BCUT2D eigenvalue weighted by atomic mass is 32.2. The lowest BCUT2D eigenvalue weighted by Gasteiger charge is -2.20. The fraction of sp³-hybridized carbons (Fsp3) is 0.208. The second-order valence-electron chi connectivity index (χ2n) is 7.70. The number of aromatic nitrogens is 1. The maximum atomic E-state index is 12.0. The summed E-state index contributed by atoms with van der Waals surface area (Å²) in [6.07, 6.45) is 9.06. The molecular weight excluding hydrogens is 456 g/mol. The van der Waals surface area contributed by atoms with Crippen LogP contribution in [-0.4, -0.2) is 32.0 Å². The molecule has 0 saturated carbocycles. The summed E-state index contributed by atoms with van der Waals surface area (Å²) in [5.74, 6) is 1.16. The predicted octanol–water partition coefficient (Wildman–Crippen LogP) is 3.14. The third-order valence-corrected chi connectivity index (χ3v) is 6.63. The first-order valence-corrected chi connectivity index (χ1v) is 12.0. The molecule has 4 rings (SSSR count). The van der Waals surface area contributed by atoms with Crippen molar-refractivity contribution >= 4 is 21.8 Å². The Kier molecular flexibility index (Phi) is 6.65. The molecule has 1 aromatic heterocycles. The number of anilines is 1. The number of amides is 1. The highest BCUT2D eigenvalue weighted by Gasteiger charge is 2.33. The largest absolute Gasteiger partial charge is 0.490 e. The van der Waals surface area contributed by atoms with Crippen molar-refractivity contribution in [1.82, 2.24) is 9.71 Å². The summed E-state index contributed by atoms with van der Waals surface area (Å²) in [5.41, 5.74) is 1.50. The van der Waals surface area contributed by atoms with E-state index in [1.165, 1.54) is 6.20 Å². The van der Waals surface area contributed by atoms with Gasteiger partial charge in [0.25, 0.3) is 5.91 Å². The molecule has 34 heavy (non-hydrogen) atoms. The van der Waals surface area contributed by atoms with Gasteiger partial charge in [-0.05, 0) is 60.9 Å². The lowest BCUT2D eigenvalue weighted by atomic mass is 10.1. The van der Waals surface area contributed by atoms with E-state index in [1.54, 1.807) is 36.4 Å². The van der Waals surface area contributed by atoms with Crippen LogP contribution in [0.5, 0.6) is 11.5 Å². The molecular formula is C24H22N4O5S. The van der Waals surface area contributed by atoms with Gasteiger partial charge in [0, 0.05) is 6.42 Å². The Labute approximate surface area is 197 Å². The van der Waals surface area contributed by atoms with E-state index in [4.69, 9.17) is 14.7 Å². The number of allylic oxidation sites excluding steroid dienone is 3. The Morgan fingerprint density at radius 1 is 1.18 bits per heavy atom. The van der Waals surface area contributed by atoms with Crippen LogP contribution in [0.15, 0.2) is 78.7 Å². The maximum absolute atomic E-state index is 12.0. The van der Waals surface area contributed by atoms with Crippen molar-refractivity contribution in [2.45, 2.75) is 25.4 Å². The number of carbonyl (C=O) groups is 1. The quantitative estimate of drug-likeness (QED) is 0.701. The van der Waals surface area contributed by atoms with Gasteiger partial charge in [0.2, 0.25) is 0 Å². The molecule has 1 amide bonds. The Morgan fingerprint density at radius 3 is 2.59 bits per heavy atom. The highest BCUT2D eigenvalue weighted by molar-refractivity contribution is 7.92. The smallest absolute Gasteiger partial charge is 0.326 e. The third-order valence-electron chi connectivity index (χ3n) is 5.23. The van der Waals surface area contributed by atoms with Crippen molar-refractivity contribution in [3.05, 3.63) is 84.4 Å². The van der Waals surface area contributed by atoms with Crippen molar-refractivity contribution in [2.75, 3.05) is 10.8 Å². The van der Waals surface area contributed by atoms with Crippen molar-refractivity contribution in [3.8, 4) is 17.6 Å². The number of nitrogens with zero attached hydrogens (tertiary/aromatic N) is 3. The van der Waals surface area contributed by atoms with Crippen LogP contribution in [0.2, 0.25) is 0 Å². The minimum atomic E-state index is -3.84. The van der Waals surface area contributed by atoms with Crippen LogP contribution in [0.25, 0.3) is 0 Å². The van der Waals surface area contributed by atoms with Gasteiger partial charge in [0.05, 0.1) is 11.9 Å². The van der Waals surface area contributed by atoms with E-state index in [-0.39, 0.29) is 12.6 Å². The zero-order valence-corrected chi connectivity index (χ0v) is 19.0. The second-order valence-corrected chi connectivity index (χ2v) is 9.30. The van der Waals surface area contributed by atoms with E-state index in [0.717, 1.165) is 9.88 Å². The second kappa shape index (κ2) is 9.80. The molecule has 9 nitrogen and oxygen atoms in total. The molecule has 2 aromatic rings. The molecule has 2 heterocycles. The number of rotatable bonds is 5. The van der Waals surface area contributed by atoms with Gasteiger partial charge in [-0.1, -0.05) is 18.7 Å². The molecule has 10 heteroatoms. The van der Waals surface area contributed by atoms with E-state index in [2.05, 4.69) is 11.6 Å². The Morgan fingerprint density at radius 2 is 1.94 bits per heavy atom. The summed E-state index contributed by atoms with van der Waals surface area (Å²) >= 11 is 0. The molecule has 1 aliphatic carbocycles. The van der Waals surface area contributed by atoms with Crippen molar-refractivity contribution in [1.29, 1.82) is 5.26 Å². The van der Waals surface area contributed by atoms with Crippen LogP contribution < -0.4 is 18.5 Å². The molecule has 1 saturated heterocycles. The minimum Gasteiger partial charge on any atom is -0.490 e. The number of hydrogen-bond acceptors (Lipinski definition) is 7. The summed E-state index contributed by atoms with van der Waals surface area (Å²) < 4.78 is 39.0. The van der Waals surface area contributed by atoms with Crippen LogP contribution in [0.4, 0.5) is 5.69 Å².